The zero-order chi connectivity index (χ0) is 9.14. The Kier molecular flexibility index (Phi) is 2.78. The van der Waals surface area contributed by atoms with Crippen LogP contribution in [0.3, 0.4) is 0 Å². The molecule has 0 bridgehead atoms. The summed E-state index contributed by atoms with van der Waals surface area (Å²) in [5.74, 6) is 0.232. The van der Waals surface area contributed by atoms with Gasteiger partial charge in [0.05, 0.1) is 0 Å². The van der Waals surface area contributed by atoms with E-state index in [0.717, 1.165) is 0 Å². The summed E-state index contributed by atoms with van der Waals surface area (Å²) >= 11 is 0. The third-order valence-electron chi connectivity index (χ3n) is 1.44. The van der Waals surface area contributed by atoms with Gasteiger partial charge in [-0.05, 0) is 12.1 Å². The molecule has 1 aromatic heterocycles. The van der Waals surface area contributed by atoms with E-state index in [2.05, 4.69) is 0 Å². The molecule has 5 heteroatoms. The molecule has 0 aliphatic carbocycles. The first-order chi connectivity index (χ1) is 5.65. The number of nitrogens with two attached hydrogens (primary N) is 1. The summed E-state index contributed by atoms with van der Waals surface area (Å²) < 4.78 is 28.8. The molecule has 0 aliphatic heterocycles. The van der Waals surface area contributed by atoms with Crippen LogP contribution in [0.1, 0.15) is 17.6 Å². The predicted molar refractivity (Wildman–Crippen MR) is 37.6 cm³/mol. The maximum absolute atomic E-state index is 12.0. The molecule has 1 rings (SSSR count). The molecule has 1 unspecified atom stereocenters. The van der Waals surface area contributed by atoms with Crippen LogP contribution in [0.2, 0.25) is 0 Å². The highest BCUT2D eigenvalue weighted by molar-refractivity contribution is 5.10. The minimum Gasteiger partial charge on any atom is -0.462 e. The van der Waals surface area contributed by atoms with E-state index in [4.69, 9.17) is 15.3 Å². The number of aliphatic hydroxyl groups excluding tert-OH is 1. The van der Waals surface area contributed by atoms with Crippen molar-refractivity contribution < 1.29 is 18.3 Å². The zero-order valence-electron chi connectivity index (χ0n) is 6.21. The van der Waals surface area contributed by atoms with E-state index < -0.39 is 12.5 Å². The van der Waals surface area contributed by atoms with E-state index in [1.165, 1.54) is 12.1 Å². The van der Waals surface area contributed by atoms with Gasteiger partial charge >= 0.3 is 0 Å². The molecular formula is C7H9F2NO2. The Hall–Kier alpha value is -0.940. The number of aliphatic hydroxyl groups is 1. The van der Waals surface area contributed by atoms with Crippen LogP contribution in [0.25, 0.3) is 0 Å². The lowest BCUT2D eigenvalue weighted by atomic mass is 10.2. The predicted octanol–water partition coefficient (Wildman–Crippen LogP) is 1.04. The van der Waals surface area contributed by atoms with Gasteiger partial charge in [0.15, 0.2) is 0 Å². The summed E-state index contributed by atoms with van der Waals surface area (Å²) in [6.45, 7) is -0.310. The molecule has 1 heterocycles. The lowest BCUT2D eigenvalue weighted by Gasteiger charge is -2.05. The van der Waals surface area contributed by atoms with Gasteiger partial charge in [-0.25, -0.2) is 8.78 Å². The van der Waals surface area contributed by atoms with Crippen LogP contribution in [0, 0.1) is 0 Å². The molecule has 68 valence electrons. The van der Waals surface area contributed by atoms with Gasteiger partial charge in [0, 0.05) is 0 Å². The Balaban J connectivity index is 2.74. The molecule has 1 aromatic rings. The molecule has 12 heavy (non-hydrogen) atoms. The second-order valence-corrected chi connectivity index (χ2v) is 2.32. The van der Waals surface area contributed by atoms with Gasteiger partial charge in [0.25, 0.3) is 6.43 Å². The Bertz CT molecular complexity index is 249. The number of rotatable bonds is 3. The largest absolute Gasteiger partial charge is 0.462 e. The van der Waals surface area contributed by atoms with Crippen LogP contribution in [0.15, 0.2) is 16.5 Å². The maximum atomic E-state index is 12.0. The molecule has 0 saturated heterocycles. The molecular weight excluding hydrogens is 168 g/mol. The molecule has 0 aliphatic rings. The lowest BCUT2D eigenvalue weighted by molar-refractivity contribution is 0.104. The number of halogens is 2. The van der Waals surface area contributed by atoms with Gasteiger partial charge in [-0.2, -0.15) is 0 Å². The van der Waals surface area contributed by atoms with Crippen molar-refractivity contribution in [3.05, 3.63) is 23.7 Å². The Morgan fingerprint density at radius 2 is 2.17 bits per heavy atom. The highest BCUT2D eigenvalue weighted by Gasteiger charge is 2.20. The first-order valence-electron chi connectivity index (χ1n) is 3.38. The van der Waals surface area contributed by atoms with Crippen molar-refractivity contribution in [1.82, 2.24) is 0 Å². The standard InChI is InChI=1S/C7H9F2NO2/c8-7(9)6(10)5-2-1-4(3-11)12-5/h1-2,6-7,11H,3,10H2. The Labute approximate surface area is 67.8 Å². The van der Waals surface area contributed by atoms with Crippen LogP contribution in [0.4, 0.5) is 8.78 Å². The molecule has 0 fully saturated rings. The van der Waals surface area contributed by atoms with Gasteiger partial charge in [0.1, 0.15) is 24.2 Å². The Morgan fingerprint density at radius 3 is 2.58 bits per heavy atom. The average Bonchev–Trinajstić information content (AvgIpc) is 2.50. The summed E-state index contributed by atoms with van der Waals surface area (Å²) in [6, 6.07) is 1.34. The molecule has 3 N–H and O–H groups in total. The quantitative estimate of drug-likeness (QED) is 0.725. The van der Waals surface area contributed by atoms with Crippen LogP contribution < -0.4 is 5.73 Å². The van der Waals surface area contributed by atoms with E-state index in [1.54, 1.807) is 0 Å². The molecule has 0 amide bonds. The monoisotopic (exact) mass is 177 g/mol. The fraction of sp³-hybridized carbons (Fsp3) is 0.429. The maximum Gasteiger partial charge on any atom is 0.260 e. The fourth-order valence-electron chi connectivity index (χ4n) is 0.783. The molecule has 0 radical (unpaired) electrons. The van der Waals surface area contributed by atoms with Crippen molar-refractivity contribution in [1.29, 1.82) is 0 Å². The molecule has 0 aromatic carbocycles. The van der Waals surface area contributed by atoms with Crippen molar-refractivity contribution in [3.8, 4) is 0 Å². The third kappa shape index (κ3) is 1.80. The SMILES string of the molecule is NC(c1ccc(CO)o1)C(F)F. The zero-order valence-corrected chi connectivity index (χ0v) is 6.21. The van der Waals surface area contributed by atoms with Gasteiger partial charge in [-0.1, -0.05) is 0 Å². The van der Waals surface area contributed by atoms with E-state index in [0.29, 0.717) is 0 Å². The Morgan fingerprint density at radius 1 is 1.50 bits per heavy atom. The average molecular weight is 177 g/mol. The van der Waals surface area contributed by atoms with Crippen molar-refractivity contribution in [2.75, 3.05) is 0 Å². The van der Waals surface area contributed by atoms with E-state index in [1.807, 2.05) is 0 Å². The summed E-state index contributed by atoms with van der Waals surface area (Å²) in [7, 11) is 0. The van der Waals surface area contributed by atoms with Crippen molar-refractivity contribution in [2.24, 2.45) is 5.73 Å². The summed E-state index contributed by atoms with van der Waals surface area (Å²) in [4.78, 5) is 0. The minimum atomic E-state index is -2.65. The number of hydrogen-bond acceptors (Lipinski definition) is 3. The van der Waals surface area contributed by atoms with Crippen LogP contribution in [-0.2, 0) is 6.61 Å². The smallest absolute Gasteiger partial charge is 0.260 e. The first kappa shape index (κ1) is 9.15. The summed E-state index contributed by atoms with van der Waals surface area (Å²) in [6.07, 6.45) is -2.65. The third-order valence-corrected chi connectivity index (χ3v) is 1.44. The minimum absolute atomic E-state index is 0.00551. The van der Waals surface area contributed by atoms with Crippen molar-refractivity contribution in [2.45, 2.75) is 19.1 Å². The number of hydrogen-bond donors (Lipinski definition) is 2. The summed E-state index contributed by atoms with van der Waals surface area (Å²) in [5.41, 5.74) is 5.08. The van der Waals surface area contributed by atoms with Gasteiger partial charge in [-0.3, -0.25) is 0 Å². The van der Waals surface area contributed by atoms with E-state index >= 15 is 0 Å². The molecule has 3 nitrogen and oxygen atoms in total. The fourth-order valence-corrected chi connectivity index (χ4v) is 0.783. The van der Waals surface area contributed by atoms with Crippen LogP contribution >= 0.6 is 0 Å². The van der Waals surface area contributed by atoms with Gasteiger partial charge in [-0.15, -0.1) is 0 Å². The normalized spacial score (nSPS) is 13.8. The number of furan rings is 1. The highest BCUT2D eigenvalue weighted by Crippen LogP contribution is 2.20. The topological polar surface area (TPSA) is 59.4 Å². The molecule has 0 saturated carbocycles. The van der Waals surface area contributed by atoms with E-state index in [-0.39, 0.29) is 18.1 Å². The van der Waals surface area contributed by atoms with Crippen LogP contribution in [-0.4, -0.2) is 11.5 Å². The molecule has 1 atom stereocenters. The second-order valence-electron chi connectivity index (χ2n) is 2.32. The van der Waals surface area contributed by atoms with Gasteiger partial charge < -0.3 is 15.3 Å². The lowest BCUT2D eigenvalue weighted by Crippen LogP contribution is -2.17. The number of alkyl halides is 2. The second kappa shape index (κ2) is 3.64. The van der Waals surface area contributed by atoms with E-state index in [9.17, 15) is 8.78 Å². The summed E-state index contributed by atoms with van der Waals surface area (Å²) in [5, 5.41) is 8.55. The molecule has 0 spiro atoms. The highest BCUT2D eigenvalue weighted by atomic mass is 19.3. The van der Waals surface area contributed by atoms with Gasteiger partial charge in [0.2, 0.25) is 0 Å². The first-order valence-corrected chi connectivity index (χ1v) is 3.38. The van der Waals surface area contributed by atoms with Crippen LogP contribution in [0.5, 0.6) is 0 Å². The van der Waals surface area contributed by atoms with Crippen molar-refractivity contribution in [3.63, 3.8) is 0 Å². The van der Waals surface area contributed by atoms with Crippen molar-refractivity contribution >= 4 is 0 Å².